The largest absolute Gasteiger partial charge is 0.573 e. The summed E-state index contributed by atoms with van der Waals surface area (Å²) in [6.07, 6.45) is -5.46. The van der Waals surface area contributed by atoms with Crippen molar-refractivity contribution < 1.29 is 49.8 Å². The summed E-state index contributed by atoms with van der Waals surface area (Å²) in [4.78, 5) is 27.6. The van der Waals surface area contributed by atoms with Crippen LogP contribution in [0.15, 0.2) is 53.2 Å². The Balaban J connectivity index is 1.56. The number of aromatic nitrogens is 4. The Morgan fingerprint density at radius 3 is 2.42 bits per heavy atom. The standard InChI is InChI=1S/C32H29F6N7O5/c1-29(2,3)50-28(47)41-23-12-31(34,35)21-11-22(33)20(25-42-43-27(48-25)30(4,5)16-39)10-24(21)44(26(23)46)14-17-6-8-18(9-7-17)45-15-19(13-40-45)49-32(36,37)38/h6-11,13,15,23H,12,14H2,1-5H3,(H,41,47)/t23-/m0/s1. The van der Waals surface area contributed by atoms with Crippen molar-refractivity contribution in [1.82, 2.24) is 25.3 Å². The van der Waals surface area contributed by atoms with E-state index in [2.05, 4.69) is 25.3 Å². The Hall–Kier alpha value is -5.60. The van der Waals surface area contributed by atoms with Gasteiger partial charge in [0.1, 0.15) is 22.9 Å². The highest BCUT2D eigenvalue weighted by Crippen LogP contribution is 2.45. The van der Waals surface area contributed by atoms with Gasteiger partial charge in [0.05, 0.1) is 41.9 Å². The van der Waals surface area contributed by atoms with Crippen molar-refractivity contribution in [3.8, 4) is 29.0 Å². The number of fused-ring (bicyclic) bond motifs is 1. The van der Waals surface area contributed by atoms with Crippen LogP contribution in [0.2, 0.25) is 0 Å². The highest BCUT2D eigenvalue weighted by atomic mass is 19.4. The average Bonchev–Trinajstić information content (AvgIpc) is 3.67. The summed E-state index contributed by atoms with van der Waals surface area (Å²) in [6, 6.07) is 7.44. The Bertz CT molecular complexity index is 1960. The third-order valence-corrected chi connectivity index (χ3v) is 7.29. The van der Waals surface area contributed by atoms with Crippen LogP contribution in [0.1, 0.15) is 58.1 Å². The van der Waals surface area contributed by atoms with Crippen LogP contribution in [-0.2, 0) is 27.4 Å². The number of anilines is 1. The van der Waals surface area contributed by atoms with E-state index >= 15 is 13.2 Å². The maximum absolute atomic E-state index is 15.9. The van der Waals surface area contributed by atoms with Crippen molar-refractivity contribution in [2.24, 2.45) is 0 Å². The second kappa shape index (κ2) is 12.7. The van der Waals surface area contributed by atoms with Crippen molar-refractivity contribution in [3.63, 3.8) is 0 Å². The lowest BCUT2D eigenvalue weighted by molar-refractivity contribution is -0.274. The zero-order valence-electron chi connectivity index (χ0n) is 27.1. The van der Waals surface area contributed by atoms with Gasteiger partial charge in [0.15, 0.2) is 5.75 Å². The smallest absolute Gasteiger partial charge is 0.444 e. The number of hydrogen-bond donors (Lipinski definition) is 1. The molecule has 1 N–H and O–H groups in total. The molecule has 0 saturated carbocycles. The van der Waals surface area contributed by atoms with E-state index < -0.39 is 88.6 Å². The number of nitrogens with zero attached hydrogens (tertiary/aromatic N) is 6. The van der Waals surface area contributed by atoms with Crippen molar-refractivity contribution in [1.29, 1.82) is 5.26 Å². The number of carbonyl (C=O) groups excluding carboxylic acids is 2. The number of halogens is 6. The van der Waals surface area contributed by atoms with Gasteiger partial charge in [0.25, 0.3) is 11.8 Å². The summed E-state index contributed by atoms with van der Waals surface area (Å²) in [5, 5.41) is 23.1. The molecule has 4 aromatic rings. The number of carbonyl (C=O) groups is 2. The number of hydrogen-bond acceptors (Lipinski definition) is 9. The van der Waals surface area contributed by atoms with E-state index in [0.717, 1.165) is 28.0 Å². The second-order valence-corrected chi connectivity index (χ2v) is 12.9. The SMILES string of the molecule is CC(C)(C)OC(=O)N[C@H]1CC(F)(F)c2cc(F)c(-c3nnc(C(C)(C)C#N)o3)cc2N(Cc2ccc(-n3cc(OC(F)(F)F)cn3)cc2)C1=O. The fraction of sp³-hybridized carbons (Fsp3) is 0.375. The molecule has 0 fully saturated rings. The maximum atomic E-state index is 15.9. The molecular weight excluding hydrogens is 676 g/mol. The molecule has 0 bridgehead atoms. The van der Waals surface area contributed by atoms with Crippen molar-refractivity contribution >= 4 is 17.7 Å². The highest BCUT2D eigenvalue weighted by Gasteiger charge is 2.47. The Morgan fingerprint density at radius 2 is 1.80 bits per heavy atom. The Morgan fingerprint density at radius 1 is 1.12 bits per heavy atom. The fourth-order valence-corrected chi connectivity index (χ4v) is 4.93. The first-order valence-corrected chi connectivity index (χ1v) is 14.8. The molecule has 1 aliphatic rings. The average molecular weight is 706 g/mol. The van der Waals surface area contributed by atoms with Gasteiger partial charge in [-0.1, -0.05) is 12.1 Å². The minimum Gasteiger partial charge on any atom is -0.444 e. The number of nitrogens with one attached hydrogen (secondary N) is 1. The van der Waals surface area contributed by atoms with Gasteiger partial charge in [-0.3, -0.25) is 4.79 Å². The molecular formula is C32H29F6N7O5. The lowest BCUT2D eigenvalue weighted by Crippen LogP contribution is -2.49. The van der Waals surface area contributed by atoms with Crippen molar-refractivity contribution in [2.75, 3.05) is 4.90 Å². The topological polar surface area (TPSA) is 148 Å². The van der Waals surface area contributed by atoms with Crippen LogP contribution in [0, 0.1) is 17.1 Å². The molecule has 0 spiro atoms. The van der Waals surface area contributed by atoms with E-state index in [1.807, 2.05) is 6.07 Å². The van der Waals surface area contributed by atoms with E-state index in [0.29, 0.717) is 17.3 Å². The fourth-order valence-electron chi connectivity index (χ4n) is 4.93. The van der Waals surface area contributed by atoms with Gasteiger partial charge in [0, 0.05) is 12.0 Å². The van der Waals surface area contributed by atoms with Gasteiger partial charge in [-0.25, -0.2) is 22.6 Å². The minimum atomic E-state index is -4.93. The predicted octanol–water partition coefficient (Wildman–Crippen LogP) is 6.68. The molecule has 1 aliphatic heterocycles. The highest BCUT2D eigenvalue weighted by molar-refractivity contribution is 6.00. The lowest BCUT2D eigenvalue weighted by Gasteiger charge is -2.27. The molecule has 0 aliphatic carbocycles. The molecule has 2 aromatic heterocycles. The van der Waals surface area contributed by atoms with Crippen LogP contribution in [-0.4, -0.2) is 50.0 Å². The van der Waals surface area contributed by atoms with Gasteiger partial charge in [-0.15, -0.1) is 23.4 Å². The summed E-state index contributed by atoms with van der Waals surface area (Å²) < 4.78 is 101. The van der Waals surface area contributed by atoms with Crippen LogP contribution in [0.25, 0.3) is 17.1 Å². The van der Waals surface area contributed by atoms with E-state index in [9.17, 15) is 28.0 Å². The molecule has 264 valence electrons. The first kappa shape index (κ1) is 35.7. The molecule has 0 saturated heterocycles. The van der Waals surface area contributed by atoms with Gasteiger partial charge in [0.2, 0.25) is 11.8 Å². The first-order valence-electron chi connectivity index (χ1n) is 14.8. The number of alkyl halides is 5. The number of benzene rings is 2. The van der Waals surface area contributed by atoms with E-state index in [1.54, 1.807) is 20.8 Å². The number of alkyl carbamates (subject to hydrolysis) is 1. The minimum absolute atomic E-state index is 0.168. The van der Waals surface area contributed by atoms with E-state index in [-0.39, 0.29) is 5.89 Å². The summed E-state index contributed by atoms with van der Waals surface area (Å²) in [6.45, 7) is 7.19. The maximum Gasteiger partial charge on any atom is 0.573 e. The third kappa shape index (κ3) is 7.82. The predicted molar refractivity (Wildman–Crippen MR) is 161 cm³/mol. The Kier molecular flexibility index (Phi) is 9.06. The summed E-state index contributed by atoms with van der Waals surface area (Å²) in [7, 11) is 0. The zero-order valence-corrected chi connectivity index (χ0v) is 27.1. The molecule has 2 amide bonds. The molecule has 2 aromatic carbocycles. The number of ether oxygens (including phenoxy) is 2. The summed E-state index contributed by atoms with van der Waals surface area (Å²) >= 11 is 0. The van der Waals surface area contributed by atoms with Gasteiger partial charge in [-0.2, -0.15) is 10.4 Å². The molecule has 0 unspecified atom stereocenters. The number of rotatable bonds is 7. The lowest BCUT2D eigenvalue weighted by atomic mass is 9.96. The molecule has 5 rings (SSSR count). The zero-order chi connectivity index (χ0) is 36.8. The monoisotopic (exact) mass is 705 g/mol. The third-order valence-electron chi connectivity index (χ3n) is 7.29. The number of amides is 2. The van der Waals surface area contributed by atoms with Crippen molar-refractivity contribution in [3.05, 3.63) is 71.6 Å². The number of nitriles is 1. The van der Waals surface area contributed by atoms with E-state index in [4.69, 9.17) is 9.15 Å². The molecule has 3 heterocycles. The van der Waals surface area contributed by atoms with Crippen LogP contribution in [0.3, 0.4) is 0 Å². The van der Waals surface area contributed by atoms with Crippen LogP contribution < -0.4 is 15.0 Å². The van der Waals surface area contributed by atoms with E-state index in [1.165, 1.54) is 38.1 Å². The molecule has 50 heavy (non-hydrogen) atoms. The van der Waals surface area contributed by atoms with Crippen molar-refractivity contribution in [2.45, 2.75) is 76.9 Å². The molecule has 1 atom stereocenters. The first-order chi connectivity index (χ1) is 23.2. The van der Waals surface area contributed by atoms with Crippen LogP contribution >= 0.6 is 0 Å². The van der Waals surface area contributed by atoms with Crippen LogP contribution in [0.4, 0.5) is 36.8 Å². The summed E-state index contributed by atoms with van der Waals surface area (Å²) in [5.74, 6) is -7.21. The van der Waals surface area contributed by atoms with Crippen LogP contribution in [0.5, 0.6) is 5.75 Å². The van der Waals surface area contributed by atoms with Gasteiger partial charge < -0.3 is 24.1 Å². The molecule has 18 heteroatoms. The Labute approximate surface area is 280 Å². The van der Waals surface area contributed by atoms with Gasteiger partial charge >= 0.3 is 12.5 Å². The quantitative estimate of drug-likeness (QED) is 0.208. The molecule has 0 radical (unpaired) electrons. The summed E-state index contributed by atoms with van der Waals surface area (Å²) in [5.41, 5.74) is -3.40. The normalized spacial score (nSPS) is 16.3. The van der Waals surface area contributed by atoms with Gasteiger partial charge in [-0.05, 0) is 64.4 Å². The second-order valence-electron chi connectivity index (χ2n) is 12.9. The molecule has 12 nitrogen and oxygen atoms in total.